The molecule has 4 heterocycles. The third-order valence-electron chi connectivity index (χ3n) is 4.40. The Bertz CT molecular complexity index is 1080. The highest BCUT2D eigenvalue weighted by atomic mass is 16.5. The van der Waals surface area contributed by atoms with E-state index < -0.39 is 0 Å². The Morgan fingerprint density at radius 2 is 2.04 bits per heavy atom. The molecule has 0 radical (unpaired) electrons. The van der Waals surface area contributed by atoms with Gasteiger partial charge in [0.15, 0.2) is 11.3 Å². The summed E-state index contributed by atoms with van der Waals surface area (Å²) in [5.41, 5.74) is 3.47. The van der Waals surface area contributed by atoms with Gasteiger partial charge in [-0.2, -0.15) is 15.2 Å². The second kappa shape index (κ2) is 6.53. The van der Waals surface area contributed by atoms with Crippen LogP contribution in [-0.2, 0) is 6.54 Å². The molecule has 8 nitrogen and oxygen atoms in total. The summed E-state index contributed by atoms with van der Waals surface area (Å²) < 4.78 is 9.77. The SMILES string of the molecule is CCn1ncc2c1ncc1c(OCCCN(C)C)nc3cc(C)nn3c12. The average Bonchev–Trinajstić information content (AvgIpc) is 3.20. The minimum atomic E-state index is 0.602. The Morgan fingerprint density at radius 1 is 1.19 bits per heavy atom. The quantitative estimate of drug-likeness (QED) is 0.495. The monoisotopic (exact) mass is 353 g/mol. The largest absolute Gasteiger partial charge is 0.477 e. The van der Waals surface area contributed by atoms with Gasteiger partial charge in [-0.05, 0) is 34.4 Å². The van der Waals surface area contributed by atoms with Gasteiger partial charge in [-0.25, -0.2) is 14.2 Å². The third kappa shape index (κ3) is 2.76. The number of pyridine rings is 1. The highest BCUT2D eigenvalue weighted by Gasteiger charge is 2.17. The molecule has 0 saturated carbocycles. The van der Waals surface area contributed by atoms with Gasteiger partial charge in [0, 0.05) is 25.4 Å². The minimum absolute atomic E-state index is 0.602. The Hall–Kier alpha value is -2.74. The fraction of sp³-hybridized carbons (Fsp3) is 0.444. The van der Waals surface area contributed by atoms with Crippen molar-refractivity contribution >= 4 is 27.6 Å². The van der Waals surface area contributed by atoms with Crippen molar-refractivity contribution in [2.45, 2.75) is 26.8 Å². The molecular formula is C18H23N7O. The number of fused-ring (bicyclic) bond motifs is 5. The number of rotatable bonds is 6. The van der Waals surface area contributed by atoms with E-state index >= 15 is 0 Å². The molecule has 4 rings (SSSR count). The van der Waals surface area contributed by atoms with Crippen molar-refractivity contribution in [1.29, 1.82) is 0 Å². The van der Waals surface area contributed by atoms with Gasteiger partial charge in [0.1, 0.15) is 0 Å². The van der Waals surface area contributed by atoms with Crippen molar-refractivity contribution in [3.63, 3.8) is 0 Å². The molecule has 26 heavy (non-hydrogen) atoms. The van der Waals surface area contributed by atoms with Crippen LogP contribution in [0.3, 0.4) is 0 Å². The fourth-order valence-electron chi connectivity index (χ4n) is 3.18. The van der Waals surface area contributed by atoms with E-state index in [1.54, 1.807) is 0 Å². The molecule has 136 valence electrons. The molecule has 0 aliphatic carbocycles. The molecule has 0 aromatic carbocycles. The van der Waals surface area contributed by atoms with Crippen LogP contribution in [0.1, 0.15) is 19.0 Å². The molecule has 0 unspecified atom stereocenters. The van der Waals surface area contributed by atoms with Crippen LogP contribution in [0, 0.1) is 6.92 Å². The van der Waals surface area contributed by atoms with E-state index in [0.717, 1.165) is 52.8 Å². The van der Waals surface area contributed by atoms with Crippen LogP contribution in [-0.4, -0.2) is 61.5 Å². The molecule has 4 aromatic rings. The van der Waals surface area contributed by atoms with Gasteiger partial charge in [-0.15, -0.1) is 0 Å². The summed E-state index contributed by atoms with van der Waals surface area (Å²) in [4.78, 5) is 11.4. The zero-order valence-electron chi connectivity index (χ0n) is 15.6. The third-order valence-corrected chi connectivity index (χ3v) is 4.40. The van der Waals surface area contributed by atoms with Crippen LogP contribution < -0.4 is 4.74 Å². The summed E-state index contributed by atoms with van der Waals surface area (Å²) in [6, 6.07) is 1.96. The fourth-order valence-corrected chi connectivity index (χ4v) is 3.18. The topological polar surface area (TPSA) is 73.4 Å². The Kier molecular flexibility index (Phi) is 4.20. The molecule has 0 aliphatic rings. The van der Waals surface area contributed by atoms with Crippen molar-refractivity contribution < 1.29 is 4.74 Å². The lowest BCUT2D eigenvalue weighted by Crippen LogP contribution is -2.16. The maximum Gasteiger partial charge on any atom is 0.226 e. The lowest BCUT2D eigenvalue weighted by Gasteiger charge is -2.12. The minimum Gasteiger partial charge on any atom is -0.477 e. The molecule has 8 heteroatoms. The molecule has 4 aromatic heterocycles. The van der Waals surface area contributed by atoms with Crippen LogP contribution in [0.15, 0.2) is 18.5 Å². The van der Waals surface area contributed by atoms with E-state index in [0.29, 0.717) is 12.5 Å². The van der Waals surface area contributed by atoms with Gasteiger partial charge >= 0.3 is 0 Å². The van der Waals surface area contributed by atoms with Gasteiger partial charge in [-0.1, -0.05) is 0 Å². The van der Waals surface area contributed by atoms with E-state index in [4.69, 9.17) is 4.74 Å². The zero-order chi connectivity index (χ0) is 18.3. The van der Waals surface area contributed by atoms with E-state index in [9.17, 15) is 0 Å². The highest BCUT2D eigenvalue weighted by molar-refractivity contribution is 6.04. The predicted octanol–water partition coefficient (Wildman–Crippen LogP) is 2.29. The standard InChI is InChI=1S/C18H23N7O/c1-5-24-17-13(11-20-24)16-14(10-19-17)18(26-8-6-7-23(3)4)21-15-9-12(2)22-25(15)16/h9-11H,5-8H2,1-4H3. The molecule has 0 N–H and O–H groups in total. The number of ether oxygens (including phenoxy) is 1. The van der Waals surface area contributed by atoms with Crippen LogP contribution in [0.4, 0.5) is 0 Å². The van der Waals surface area contributed by atoms with Crippen molar-refractivity contribution in [3.8, 4) is 5.88 Å². The maximum absolute atomic E-state index is 6.02. The second-order valence-electron chi connectivity index (χ2n) is 6.70. The molecule has 0 atom stereocenters. The lowest BCUT2D eigenvalue weighted by molar-refractivity contribution is 0.276. The van der Waals surface area contributed by atoms with Gasteiger partial charge in [-0.3, -0.25) is 0 Å². The Morgan fingerprint density at radius 3 is 2.81 bits per heavy atom. The van der Waals surface area contributed by atoms with Crippen LogP contribution in [0.2, 0.25) is 0 Å². The summed E-state index contributed by atoms with van der Waals surface area (Å²) in [7, 11) is 4.11. The highest BCUT2D eigenvalue weighted by Crippen LogP contribution is 2.30. The average molecular weight is 353 g/mol. The summed E-state index contributed by atoms with van der Waals surface area (Å²) in [6.07, 6.45) is 4.60. The van der Waals surface area contributed by atoms with Crippen molar-refractivity contribution in [2.75, 3.05) is 27.2 Å². The first-order valence-corrected chi connectivity index (χ1v) is 8.86. The molecule has 0 saturated heterocycles. The molecule has 0 spiro atoms. The summed E-state index contributed by atoms with van der Waals surface area (Å²) in [5.74, 6) is 0.602. The molecular weight excluding hydrogens is 330 g/mol. The number of nitrogens with zero attached hydrogens (tertiary/aromatic N) is 7. The summed E-state index contributed by atoms with van der Waals surface area (Å²) in [5, 5.41) is 10.9. The van der Waals surface area contributed by atoms with Crippen LogP contribution in [0.5, 0.6) is 5.88 Å². The lowest BCUT2D eigenvalue weighted by atomic mass is 10.2. The number of hydrogen-bond acceptors (Lipinski definition) is 6. The second-order valence-corrected chi connectivity index (χ2v) is 6.70. The van der Waals surface area contributed by atoms with Gasteiger partial charge in [0.05, 0.1) is 34.8 Å². The van der Waals surface area contributed by atoms with E-state index in [1.165, 1.54) is 0 Å². The Labute approximate surface area is 151 Å². The smallest absolute Gasteiger partial charge is 0.226 e. The van der Waals surface area contributed by atoms with Gasteiger partial charge in [0.25, 0.3) is 0 Å². The zero-order valence-corrected chi connectivity index (χ0v) is 15.6. The molecule has 0 bridgehead atoms. The van der Waals surface area contributed by atoms with Crippen molar-refractivity contribution in [3.05, 3.63) is 24.2 Å². The van der Waals surface area contributed by atoms with E-state index in [2.05, 4.69) is 46.1 Å². The number of aromatic nitrogens is 6. The molecule has 0 aliphatic heterocycles. The first kappa shape index (κ1) is 16.7. The Balaban J connectivity index is 1.88. The number of hydrogen-bond donors (Lipinski definition) is 0. The molecule has 0 amide bonds. The van der Waals surface area contributed by atoms with E-state index in [-0.39, 0.29) is 0 Å². The maximum atomic E-state index is 6.02. The van der Waals surface area contributed by atoms with Crippen LogP contribution in [0.25, 0.3) is 27.6 Å². The normalized spacial score (nSPS) is 12.0. The number of aryl methyl sites for hydroxylation is 2. The van der Waals surface area contributed by atoms with Crippen LogP contribution >= 0.6 is 0 Å². The first-order valence-electron chi connectivity index (χ1n) is 8.86. The van der Waals surface area contributed by atoms with Crippen molar-refractivity contribution in [2.24, 2.45) is 0 Å². The van der Waals surface area contributed by atoms with Gasteiger partial charge < -0.3 is 9.64 Å². The van der Waals surface area contributed by atoms with Crippen molar-refractivity contribution in [1.82, 2.24) is 34.3 Å². The predicted molar refractivity (Wildman–Crippen MR) is 101 cm³/mol. The summed E-state index contributed by atoms with van der Waals surface area (Å²) >= 11 is 0. The van der Waals surface area contributed by atoms with E-state index in [1.807, 2.05) is 34.6 Å². The van der Waals surface area contributed by atoms with Gasteiger partial charge in [0.2, 0.25) is 5.88 Å². The summed E-state index contributed by atoms with van der Waals surface area (Å²) in [6.45, 7) is 6.36. The first-order chi connectivity index (χ1) is 12.6. The molecule has 0 fully saturated rings.